The fourth-order valence-corrected chi connectivity index (χ4v) is 3.93. The fourth-order valence-electron chi connectivity index (χ4n) is 3.14. The molecule has 4 aromatic rings. The lowest BCUT2D eigenvalue weighted by Gasteiger charge is -2.25. The van der Waals surface area contributed by atoms with Gasteiger partial charge >= 0.3 is 0 Å². The summed E-state index contributed by atoms with van der Waals surface area (Å²) in [4.78, 5) is 0. The molecule has 0 aliphatic carbocycles. The van der Waals surface area contributed by atoms with E-state index in [0.29, 0.717) is 12.4 Å². The number of aromatic nitrogens is 4. The van der Waals surface area contributed by atoms with E-state index in [1.807, 2.05) is 72.3 Å². The molecule has 29 heavy (non-hydrogen) atoms. The van der Waals surface area contributed by atoms with Crippen LogP contribution in [0.4, 0.5) is 0 Å². The smallest absolute Gasteiger partial charge is 0.192 e. The molecule has 0 saturated heterocycles. The van der Waals surface area contributed by atoms with Gasteiger partial charge in [-0.25, -0.2) is 0 Å². The van der Waals surface area contributed by atoms with Crippen LogP contribution in [-0.4, -0.2) is 26.5 Å². The third-order valence-corrected chi connectivity index (χ3v) is 5.69. The van der Waals surface area contributed by atoms with Crippen molar-refractivity contribution in [3.05, 3.63) is 72.2 Å². The van der Waals surface area contributed by atoms with Crippen LogP contribution < -0.4 is 9.47 Å². The van der Waals surface area contributed by atoms with E-state index in [-0.39, 0.29) is 6.10 Å². The number of ether oxygens (including phenoxy) is 2. The molecule has 2 aromatic heterocycles. The van der Waals surface area contributed by atoms with Crippen molar-refractivity contribution in [3.8, 4) is 22.8 Å². The highest BCUT2D eigenvalue weighted by molar-refractivity contribution is 7.98. The van der Waals surface area contributed by atoms with E-state index in [4.69, 9.17) is 14.0 Å². The van der Waals surface area contributed by atoms with E-state index in [9.17, 15) is 0 Å². The fraction of sp³-hybridized carbons (Fsp3) is 0.190. The normalized spacial score (nSPS) is 15.4. The maximum absolute atomic E-state index is 6.04. The maximum Gasteiger partial charge on any atom is 0.192 e. The van der Waals surface area contributed by atoms with Gasteiger partial charge in [0.1, 0.15) is 6.61 Å². The summed E-state index contributed by atoms with van der Waals surface area (Å²) >= 11 is 1.55. The molecular weight excluding hydrogens is 388 g/mol. The Morgan fingerprint density at radius 3 is 2.69 bits per heavy atom. The first-order chi connectivity index (χ1) is 14.3. The summed E-state index contributed by atoms with van der Waals surface area (Å²) in [6, 6.07) is 19.5. The minimum Gasteiger partial charge on any atom is -0.485 e. The van der Waals surface area contributed by atoms with Crippen molar-refractivity contribution in [1.29, 1.82) is 0 Å². The zero-order valence-corrected chi connectivity index (χ0v) is 16.5. The predicted octanol–water partition coefficient (Wildman–Crippen LogP) is 4.27. The third-order valence-electron chi connectivity index (χ3n) is 4.63. The number of benzene rings is 2. The van der Waals surface area contributed by atoms with Gasteiger partial charge in [0.2, 0.25) is 0 Å². The minimum absolute atomic E-state index is 0.298. The first-order valence-corrected chi connectivity index (χ1v) is 10.2. The quantitative estimate of drug-likeness (QED) is 0.458. The molecule has 0 fully saturated rings. The predicted molar refractivity (Wildman–Crippen MR) is 108 cm³/mol. The van der Waals surface area contributed by atoms with Gasteiger partial charge in [0, 0.05) is 24.4 Å². The molecule has 1 aliphatic heterocycles. The van der Waals surface area contributed by atoms with Crippen molar-refractivity contribution in [2.75, 3.05) is 6.61 Å². The van der Waals surface area contributed by atoms with Crippen LogP contribution in [0.25, 0.3) is 11.3 Å². The molecule has 8 heteroatoms. The zero-order valence-electron chi connectivity index (χ0n) is 15.7. The van der Waals surface area contributed by atoms with Gasteiger partial charge in [-0.15, -0.1) is 10.2 Å². The summed E-state index contributed by atoms with van der Waals surface area (Å²) in [7, 11) is 1.93. The van der Waals surface area contributed by atoms with Gasteiger partial charge in [-0.2, -0.15) is 0 Å². The van der Waals surface area contributed by atoms with E-state index >= 15 is 0 Å². The van der Waals surface area contributed by atoms with Gasteiger partial charge in [0.15, 0.2) is 34.3 Å². The molecular formula is C21H18N4O3S. The lowest BCUT2D eigenvalue weighted by Crippen LogP contribution is -2.24. The van der Waals surface area contributed by atoms with E-state index in [1.165, 1.54) is 0 Å². The largest absolute Gasteiger partial charge is 0.485 e. The Morgan fingerprint density at radius 1 is 1.03 bits per heavy atom. The summed E-state index contributed by atoms with van der Waals surface area (Å²) < 4.78 is 19.2. The molecule has 0 saturated carbocycles. The highest BCUT2D eigenvalue weighted by Gasteiger charge is 2.27. The third kappa shape index (κ3) is 3.58. The highest BCUT2D eigenvalue weighted by atomic mass is 32.2. The summed E-state index contributed by atoms with van der Waals surface area (Å²) in [5.41, 5.74) is 1.86. The Bertz CT molecular complexity index is 1130. The molecule has 2 aromatic carbocycles. The number of hydrogen-bond donors (Lipinski definition) is 0. The molecule has 0 radical (unpaired) electrons. The first kappa shape index (κ1) is 17.8. The van der Waals surface area contributed by atoms with Crippen molar-refractivity contribution >= 4 is 11.8 Å². The monoisotopic (exact) mass is 406 g/mol. The van der Waals surface area contributed by atoms with E-state index < -0.39 is 0 Å². The van der Waals surface area contributed by atoms with Crippen LogP contribution in [0.2, 0.25) is 0 Å². The molecule has 1 unspecified atom stereocenters. The van der Waals surface area contributed by atoms with E-state index in [1.54, 1.807) is 11.8 Å². The average molecular weight is 406 g/mol. The number of fused-ring (bicyclic) bond motifs is 1. The zero-order chi connectivity index (χ0) is 19.6. The van der Waals surface area contributed by atoms with Crippen molar-refractivity contribution < 1.29 is 14.0 Å². The molecule has 5 rings (SSSR count). The van der Waals surface area contributed by atoms with Crippen LogP contribution in [-0.2, 0) is 12.8 Å². The van der Waals surface area contributed by atoms with Crippen LogP contribution in [0.5, 0.6) is 11.5 Å². The second-order valence-electron chi connectivity index (χ2n) is 6.60. The second-order valence-corrected chi connectivity index (χ2v) is 7.54. The molecule has 1 aliphatic rings. The summed E-state index contributed by atoms with van der Waals surface area (Å²) in [6.45, 7) is 0.400. The van der Waals surface area contributed by atoms with E-state index in [2.05, 4.69) is 15.4 Å². The standard InChI is InChI=1S/C21H18N4O3S/c1-25-20(19-12-26-16-9-5-6-10-17(16)27-19)22-23-21(25)29-13-15-11-18(28-24-15)14-7-3-2-4-8-14/h2-11,19H,12-13H2,1H3. The van der Waals surface area contributed by atoms with Crippen molar-refractivity contribution in [3.63, 3.8) is 0 Å². The summed E-state index contributed by atoms with van der Waals surface area (Å²) in [5.74, 6) is 3.59. The van der Waals surface area contributed by atoms with Crippen LogP contribution in [0, 0.1) is 0 Å². The topological polar surface area (TPSA) is 75.2 Å². The first-order valence-electron chi connectivity index (χ1n) is 9.19. The Morgan fingerprint density at radius 2 is 1.83 bits per heavy atom. The number of hydrogen-bond acceptors (Lipinski definition) is 7. The van der Waals surface area contributed by atoms with Crippen LogP contribution >= 0.6 is 11.8 Å². The van der Waals surface area contributed by atoms with Gasteiger partial charge in [0.25, 0.3) is 0 Å². The molecule has 146 valence electrons. The Labute approximate surface area is 171 Å². The lowest BCUT2D eigenvalue weighted by molar-refractivity contribution is 0.0825. The van der Waals surface area contributed by atoms with Gasteiger partial charge in [0.05, 0.1) is 5.69 Å². The van der Waals surface area contributed by atoms with Crippen molar-refractivity contribution in [2.45, 2.75) is 17.0 Å². The number of rotatable bonds is 5. The molecule has 0 spiro atoms. The Kier molecular flexibility index (Phi) is 4.69. The summed E-state index contributed by atoms with van der Waals surface area (Å²) in [5, 5.41) is 13.6. The van der Waals surface area contributed by atoms with Crippen LogP contribution in [0.1, 0.15) is 17.6 Å². The molecule has 0 bridgehead atoms. The van der Waals surface area contributed by atoms with E-state index in [0.717, 1.165) is 39.5 Å². The molecule has 0 amide bonds. The molecule has 7 nitrogen and oxygen atoms in total. The minimum atomic E-state index is -0.298. The van der Waals surface area contributed by atoms with Gasteiger partial charge in [-0.05, 0) is 12.1 Å². The molecule has 1 atom stereocenters. The average Bonchev–Trinajstić information content (AvgIpc) is 3.39. The Balaban J connectivity index is 1.27. The number of para-hydroxylation sites is 2. The number of nitrogens with zero attached hydrogens (tertiary/aromatic N) is 4. The second kappa shape index (κ2) is 7.63. The Hall–Kier alpha value is -3.26. The maximum atomic E-state index is 6.04. The summed E-state index contributed by atoms with van der Waals surface area (Å²) in [6.07, 6.45) is -0.298. The van der Waals surface area contributed by atoms with Crippen LogP contribution in [0.15, 0.2) is 70.3 Å². The lowest BCUT2D eigenvalue weighted by atomic mass is 10.2. The highest BCUT2D eigenvalue weighted by Crippen LogP contribution is 2.36. The van der Waals surface area contributed by atoms with Gasteiger partial charge in [-0.1, -0.05) is 59.4 Å². The van der Waals surface area contributed by atoms with Crippen molar-refractivity contribution in [2.24, 2.45) is 7.05 Å². The molecule has 3 heterocycles. The van der Waals surface area contributed by atoms with Crippen molar-refractivity contribution in [1.82, 2.24) is 19.9 Å². The van der Waals surface area contributed by atoms with Gasteiger partial charge in [-0.3, -0.25) is 0 Å². The SMILES string of the molecule is Cn1c(SCc2cc(-c3ccccc3)on2)nnc1C1COc2ccccc2O1. The number of thioether (sulfide) groups is 1. The molecule has 0 N–H and O–H groups in total. The van der Waals surface area contributed by atoms with Gasteiger partial charge < -0.3 is 18.6 Å². The van der Waals surface area contributed by atoms with Crippen LogP contribution in [0.3, 0.4) is 0 Å².